The van der Waals surface area contributed by atoms with Crippen molar-refractivity contribution in [1.29, 1.82) is 0 Å². The number of aryl methyl sites for hydroxylation is 4. The van der Waals surface area contributed by atoms with Gasteiger partial charge in [0.05, 0.1) is 21.6 Å². The molecule has 0 aliphatic heterocycles. The molecule has 3 aromatic carbocycles. The molecule has 9 heteroatoms. The second kappa shape index (κ2) is 8.14. The Morgan fingerprint density at radius 1 is 0.906 bits per heavy atom. The maximum atomic E-state index is 13.8. The van der Waals surface area contributed by atoms with Crippen molar-refractivity contribution >= 4 is 38.5 Å². The molecule has 1 aromatic heterocycles. The Bertz CT molecular complexity index is 1500. The Morgan fingerprint density at radius 2 is 1.53 bits per heavy atom. The number of hydrogen-bond acceptors (Lipinski definition) is 4. The van der Waals surface area contributed by atoms with Crippen LogP contribution >= 0.6 is 11.8 Å². The standard InChI is InChI=1S/C23H22FN3O3S2/c1-14-5-9-17(10-6-14)31-21-13-20-19(26(3)23(28)27(20)4)12-18(21)25-32(29,30)22-11-16(24)8-7-15(22)2/h5-13,25H,1-4H3. The van der Waals surface area contributed by atoms with Crippen LogP contribution in [0.25, 0.3) is 11.0 Å². The molecule has 0 radical (unpaired) electrons. The van der Waals surface area contributed by atoms with Crippen molar-refractivity contribution in [1.82, 2.24) is 9.13 Å². The molecule has 0 atom stereocenters. The van der Waals surface area contributed by atoms with Crippen LogP contribution in [0, 0.1) is 19.7 Å². The zero-order valence-corrected chi connectivity index (χ0v) is 19.6. The van der Waals surface area contributed by atoms with Gasteiger partial charge in [-0.25, -0.2) is 17.6 Å². The Morgan fingerprint density at radius 3 is 2.19 bits per heavy atom. The molecule has 0 unspecified atom stereocenters. The van der Waals surface area contributed by atoms with Gasteiger partial charge >= 0.3 is 5.69 Å². The van der Waals surface area contributed by atoms with E-state index in [9.17, 15) is 17.6 Å². The highest BCUT2D eigenvalue weighted by Gasteiger charge is 2.21. The van der Waals surface area contributed by atoms with Crippen LogP contribution in [-0.4, -0.2) is 17.6 Å². The Balaban J connectivity index is 1.87. The average Bonchev–Trinajstić information content (AvgIpc) is 2.95. The van der Waals surface area contributed by atoms with Crippen molar-refractivity contribution in [3.8, 4) is 0 Å². The van der Waals surface area contributed by atoms with Gasteiger partial charge < -0.3 is 0 Å². The van der Waals surface area contributed by atoms with Gasteiger partial charge in [-0.1, -0.05) is 35.5 Å². The van der Waals surface area contributed by atoms with Crippen molar-refractivity contribution in [3.05, 3.63) is 82.0 Å². The third kappa shape index (κ3) is 4.05. The number of anilines is 1. The van der Waals surface area contributed by atoms with Gasteiger partial charge in [0, 0.05) is 23.9 Å². The summed E-state index contributed by atoms with van der Waals surface area (Å²) in [5.41, 5.74) is 2.90. The monoisotopic (exact) mass is 471 g/mol. The van der Waals surface area contributed by atoms with Crippen LogP contribution in [0.2, 0.25) is 0 Å². The van der Waals surface area contributed by atoms with E-state index in [0.29, 0.717) is 27.2 Å². The first kappa shape index (κ1) is 22.2. The summed E-state index contributed by atoms with van der Waals surface area (Å²) in [5, 5.41) is 0. The molecule has 0 spiro atoms. The molecule has 0 saturated carbocycles. The van der Waals surface area contributed by atoms with E-state index in [1.165, 1.54) is 33.0 Å². The largest absolute Gasteiger partial charge is 0.328 e. The first-order chi connectivity index (χ1) is 15.1. The Hall–Kier alpha value is -3.04. The van der Waals surface area contributed by atoms with Crippen LogP contribution in [0.5, 0.6) is 0 Å². The molecule has 0 aliphatic carbocycles. The fourth-order valence-electron chi connectivity index (χ4n) is 3.49. The zero-order chi connectivity index (χ0) is 23.2. The van der Waals surface area contributed by atoms with Crippen molar-refractivity contribution in [2.75, 3.05) is 4.72 Å². The molecular weight excluding hydrogens is 449 g/mol. The molecule has 32 heavy (non-hydrogen) atoms. The molecule has 166 valence electrons. The normalized spacial score (nSPS) is 11.8. The van der Waals surface area contributed by atoms with E-state index in [1.54, 1.807) is 33.2 Å². The molecule has 0 aliphatic rings. The second-order valence-corrected chi connectivity index (χ2v) is 10.4. The van der Waals surface area contributed by atoms with Crippen molar-refractivity contribution in [2.45, 2.75) is 28.5 Å². The predicted molar refractivity (Wildman–Crippen MR) is 125 cm³/mol. The van der Waals surface area contributed by atoms with E-state index >= 15 is 0 Å². The topological polar surface area (TPSA) is 73.1 Å². The third-order valence-corrected chi connectivity index (χ3v) is 7.88. The summed E-state index contributed by atoms with van der Waals surface area (Å²) in [5.74, 6) is -0.633. The zero-order valence-electron chi connectivity index (χ0n) is 18.0. The minimum atomic E-state index is -4.07. The summed E-state index contributed by atoms with van der Waals surface area (Å²) in [4.78, 5) is 13.8. The van der Waals surface area contributed by atoms with Crippen LogP contribution in [0.4, 0.5) is 10.1 Å². The predicted octanol–water partition coefficient (Wildman–Crippen LogP) is 4.58. The summed E-state index contributed by atoms with van der Waals surface area (Å²) in [6.45, 7) is 3.60. The first-order valence-corrected chi connectivity index (χ1v) is 12.1. The highest BCUT2D eigenvalue weighted by atomic mass is 32.2. The van der Waals surface area contributed by atoms with E-state index in [1.807, 2.05) is 31.2 Å². The first-order valence-electron chi connectivity index (χ1n) is 9.80. The van der Waals surface area contributed by atoms with E-state index in [2.05, 4.69) is 4.72 Å². The highest BCUT2D eigenvalue weighted by molar-refractivity contribution is 7.99. The molecule has 4 rings (SSSR count). The number of sulfonamides is 1. The van der Waals surface area contributed by atoms with Gasteiger partial charge in [-0.15, -0.1) is 0 Å². The summed E-state index contributed by atoms with van der Waals surface area (Å²) < 4.78 is 45.7. The lowest BCUT2D eigenvalue weighted by atomic mass is 10.2. The number of benzene rings is 3. The molecule has 0 bridgehead atoms. The number of halogens is 1. The number of fused-ring (bicyclic) bond motifs is 1. The maximum absolute atomic E-state index is 13.8. The van der Waals surface area contributed by atoms with Gasteiger partial charge in [0.25, 0.3) is 10.0 Å². The van der Waals surface area contributed by atoms with Gasteiger partial charge in [0.15, 0.2) is 0 Å². The lowest BCUT2D eigenvalue weighted by Crippen LogP contribution is -2.19. The SMILES string of the molecule is Cc1ccc(Sc2cc3c(cc2NS(=O)(=O)c2cc(F)ccc2C)n(C)c(=O)n3C)cc1. The summed E-state index contributed by atoms with van der Waals surface area (Å²) in [6.07, 6.45) is 0. The molecule has 0 amide bonds. The Labute approximate surface area is 189 Å². The van der Waals surface area contributed by atoms with Crippen LogP contribution in [0.3, 0.4) is 0 Å². The summed E-state index contributed by atoms with van der Waals surface area (Å²) in [6, 6.07) is 14.9. The molecule has 0 saturated heterocycles. The number of rotatable bonds is 5. The van der Waals surface area contributed by atoms with Crippen molar-refractivity contribution in [2.24, 2.45) is 14.1 Å². The molecule has 6 nitrogen and oxygen atoms in total. The van der Waals surface area contributed by atoms with Gasteiger partial charge in [-0.2, -0.15) is 0 Å². The van der Waals surface area contributed by atoms with Crippen molar-refractivity contribution < 1.29 is 12.8 Å². The molecular formula is C23H22FN3O3S2. The van der Waals surface area contributed by atoms with Gasteiger partial charge in [-0.3, -0.25) is 13.9 Å². The van der Waals surface area contributed by atoms with Crippen LogP contribution < -0.4 is 10.4 Å². The summed E-state index contributed by atoms with van der Waals surface area (Å²) >= 11 is 1.38. The molecule has 4 aromatic rings. The second-order valence-electron chi connectivity index (χ2n) is 7.67. The van der Waals surface area contributed by atoms with E-state index in [4.69, 9.17) is 0 Å². The third-order valence-electron chi connectivity index (χ3n) is 5.31. The van der Waals surface area contributed by atoms with E-state index < -0.39 is 15.8 Å². The van der Waals surface area contributed by atoms with Crippen molar-refractivity contribution in [3.63, 3.8) is 0 Å². The number of nitrogens with zero attached hydrogens (tertiary/aromatic N) is 2. The van der Waals surface area contributed by atoms with Gasteiger partial charge in [0.1, 0.15) is 5.82 Å². The fourth-order valence-corrected chi connectivity index (χ4v) is 5.80. The van der Waals surface area contributed by atoms with Gasteiger partial charge in [-0.05, 0) is 55.8 Å². The molecule has 1 heterocycles. The quantitative estimate of drug-likeness (QED) is 0.462. The number of hydrogen-bond donors (Lipinski definition) is 1. The molecule has 1 N–H and O–H groups in total. The Kier molecular flexibility index (Phi) is 5.64. The smallest absolute Gasteiger partial charge is 0.295 e. The maximum Gasteiger partial charge on any atom is 0.328 e. The van der Waals surface area contributed by atoms with Crippen LogP contribution in [-0.2, 0) is 24.1 Å². The average molecular weight is 472 g/mol. The summed E-state index contributed by atoms with van der Waals surface area (Å²) in [7, 11) is -0.767. The highest BCUT2D eigenvalue weighted by Crippen LogP contribution is 2.37. The number of imidazole rings is 1. The minimum absolute atomic E-state index is 0.133. The minimum Gasteiger partial charge on any atom is -0.295 e. The van der Waals surface area contributed by atoms with Crippen LogP contribution in [0.1, 0.15) is 11.1 Å². The van der Waals surface area contributed by atoms with Gasteiger partial charge in [0.2, 0.25) is 0 Å². The van der Waals surface area contributed by atoms with E-state index in [-0.39, 0.29) is 10.6 Å². The number of aromatic nitrogens is 2. The number of nitrogens with one attached hydrogen (secondary N) is 1. The lowest BCUT2D eigenvalue weighted by Gasteiger charge is -2.15. The lowest BCUT2D eigenvalue weighted by molar-refractivity contribution is 0.594. The molecule has 0 fully saturated rings. The van der Waals surface area contributed by atoms with Crippen LogP contribution in [0.15, 0.2) is 74.1 Å². The fraction of sp³-hybridized carbons (Fsp3) is 0.174. The van der Waals surface area contributed by atoms with E-state index in [0.717, 1.165) is 16.5 Å².